The molecule has 0 spiro atoms. The van der Waals surface area contributed by atoms with Crippen molar-refractivity contribution in [2.75, 3.05) is 17.8 Å². The molecular formula is C15H31O4S2+. The van der Waals surface area contributed by atoms with Crippen molar-refractivity contribution in [1.82, 2.24) is 0 Å². The van der Waals surface area contributed by atoms with E-state index < -0.39 is 21.3 Å². The van der Waals surface area contributed by atoms with Crippen LogP contribution >= 0.6 is 0 Å². The summed E-state index contributed by atoms with van der Waals surface area (Å²) in [6, 6.07) is 0. The van der Waals surface area contributed by atoms with E-state index in [1.54, 1.807) is 6.26 Å². The lowest BCUT2D eigenvalue weighted by atomic mass is 9.90. The van der Waals surface area contributed by atoms with E-state index in [0.717, 1.165) is 25.7 Å². The minimum absolute atomic E-state index is 0.0452. The Kier molecular flexibility index (Phi) is 9.81. The van der Waals surface area contributed by atoms with Crippen LogP contribution in [0.15, 0.2) is 0 Å². The Labute approximate surface area is 133 Å². The van der Waals surface area contributed by atoms with Crippen LogP contribution in [0.25, 0.3) is 0 Å². The van der Waals surface area contributed by atoms with Crippen molar-refractivity contribution in [1.29, 1.82) is 0 Å². The van der Waals surface area contributed by atoms with Crippen molar-refractivity contribution < 1.29 is 16.8 Å². The van der Waals surface area contributed by atoms with Gasteiger partial charge < -0.3 is 0 Å². The zero-order valence-corrected chi connectivity index (χ0v) is 15.7. The van der Waals surface area contributed by atoms with E-state index in [2.05, 4.69) is 20.8 Å². The second-order valence-corrected chi connectivity index (χ2v) is 10.2. The lowest BCUT2D eigenvalue weighted by Crippen LogP contribution is -2.22. The van der Waals surface area contributed by atoms with Crippen LogP contribution in [-0.4, -0.2) is 32.0 Å². The molecule has 21 heavy (non-hydrogen) atoms. The minimum atomic E-state index is -3.50. The third-order valence-corrected chi connectivity index (χ3v) is 6.24. The van der Waals surface area contributed by atoms with Crippen LogP contribution in [0.2, 0.25) is 0 Å². The Balaban J connectivity index is 4.02. The summed E-state index contributed by atoms with van der Waals surface area (Å²) in [6.07, 6.45) is 6.50. The van der Waals surface area contributed by atoms with Gasteiger partial charge in [0.15, 0.2) is 22.7 Å². The van der Waals surface area contributed by atoms with Crippen LogP contribution in [0.3, 0.4) is 0 Å². The highest BCUT2D eigenvalue weighted by Crippen LogP contribution is 2.22. The monoisotopic (exact) mass is 339 g/mol. The number of unbranched alkanes of at least 4 members (excludes halogenated alkanes) is 2. The normalized spacial score (nSPS) is 14.1. The van der Waals surface area contributed by atoms with E-state index in [4.69, 9.17) is 3.63 Å². The summed E-state index contributed by atoms with van der Waals surface area (Å²) in [7, 11) is -3.50. The molecule has 0 heterocycles. The Bertz CT molecular complexity index is 396. The van der Waals surface area contributed by atoms with Crippen molar-refractivity contribution in [3.8, 4) is 0 Å². The molecule has 126 valence electrons. The number of Topliss-reactive ketones (excluding diaryl/α,β-unsaturated/α-hetero) is 1. The average molecular weight is 340 g/mol. The van der Waals surface area contributed by atoms with E-state index in [9.17, 15) is 13.2 Å². The first-order valence-electron chi connectivity index (χ1n) is 7.62. The van der Waals surface area contributed by atoms with E-state index in [0.29, 0.717) is 12.8 Å². The molecule has 1 atom stereocenters. The molecule has 0 radical (unpaired) electrons. The topological polar surface area (TPSA) is 60.4 Å². The summed E-state index contributed by atoms with van der Waals surface area (Å²) in [5.74, 6) is 0.343. The third-order valence-electron chi connectivity index (χ3n) is 2.96. The van der Waals surface area contributed by atoms with Crippen molar-refractivity contribution in [3.63, 3.8) is 0 Å². The van der Waals surface area contributed by atoms with Crippen molar-refractivity contribution in [2.45, 2.75) is 66.2 Å². The maximum absolute atomic E-state index is 11.8. The first-order chi connectivity index (χ1) is 9.56. The number of ketones is 1. The molecular weight excluding hydrogens is 308 g/mol. The maximum atomic E-state index is 11.8. The van der Waals surface area contributed by atoms with Crippen molar-refractivity contribution in [2.24, 2.45) is 5.41 Å². The summed E-state index contributed by atoms with van der Waals surface area (Å²) < 4.78 is 28.8. The van der Waals surface area contributed by atoms with Gasteiger partial charge in [-0.1, -0.05) is 40.5 Å². The predicted octanol–water partition coefficient (Wildman–Crippen LogP) is 3.47. The highest BCUT2D eigenvalue weighted by Gasteiger charge is 2.27. The number of hydrogen-bond acceptors (Lipinski definition) is 4. The standard InChI is InChI=1S/C15H31O4S2/c1-6-7-10-14(16)13-20(5)19-21(17,18)12-9-8-11-15(2,3)4/h6-13H2,1-5H3/q+1. The van der Waals surface area contributed by atoms with Crippen LogP contribution < -0.4 is 0 Å². The van der Waals surface area contributed by atoms with E-state index >= 15 is 0 Å². The van der Waals surface area contributed by atoms with Gasteiger partial charge in [0.05, 0.1) is 5.75 Å². The van der Waals surface area contributed by atoms with Crippen LogP contribution in [0, 0.1) is 5.41 Å². The van der Waals surface area contributed by atoms with Gasteiger partial charge in [0, 0.05) is 6.42 Å². The fourth-order valence-electron chi connectivity index (χ4n) is 1.84. The molecule has 0 N–H and O–H groups in total. The number of carbonyl (C=O) groups excluding carboxylic acids is 1. The van der Waals surface area contributed by atoms with Crippen molar-refractivity contribution in [3.05, 3.63) is 0 Å². The lowest BCUT2D eigenvalue weighted by molar-refractivity contribution is -0.116. The van der Waals surface area contributed by atoms with E-state index in [1.807, 2.05) is 6.92 Å². The quantitative estimate of drug-likeness (QED) is 0.427. The lowest BCUT2D eigenvalue weighted by Gasteiger charge is -2.17. The van der Waals surface area contributed by atoms with Crippen molar-refractivity contribution >= 4 is 27.1 Å². The molecule has 0 aromatic carbocycles. The highest BCUT2D eigenvalue weighted by atomic mass is 32.3. The summed E-state index contributed by atoms with van der Waals surface area (Å²) in [5.41, 5.74) is 0.228. The molecule has 1 unspecified atom stereocenters. The second-order valence-electron chi connectivity index (χ2n) is 6.71. The van der Waals surface area contributed by atoms with Gasteiger partial charge in [-0.15, -0.1) is 0 Å². The Morgan fingerprint density at radius 1 is 1.14 bits per heavy atom. The average Bonchev–Trinajstić information content (AvgIpc) is 2.30. The molecule has 0 rings (SSSR count). The minimum Gasteiger partial charge on any atom is -0.294 e. The molecule has 0 fully saturated rings. The largest absolute Gasteiger partial charge is 0.311 e. The Morgan fingerprint density at radius 3 is 2.29 bits per heavy atom. The molecule has 0 aliphatic heterocycles. The molecule has 0 amide bonds. The zero-order valence-electron chi connectivity index (χ0n) is 14.1. The molecule has 0 bridgehead atoms. The van der Waals surface area contributed by atoms with Crippen LogP contribution in [0.1, 0.15) is 66.2 Å². The van der Waals surface area contributed by atoms with Crippen LogP contribution in [0.4, 0.5) is 0 Å². The predicted molar refractivity (Wildman–Crippen MR) is 90.9 cm³/mol. The zero-order chi connectivity index (χ0) is 16.5. The van der Waals surface area contributed by atoms with Crippen LogP contribution in [0.5, 0.6) is 0 Å². The second kappa shape index (κ2) is 9.85. The maximum Gasteiger partial charge on any atom is 0.311 e. The van der Waals surface area contributed by atoms with Crippen LogP contribution in [-0.2, 0) is 29.7 Å². The van der Waals surface area contributed by atoms with Gasteiger partial charge in [-0.25, -0.2) is 0 Å². The van der Waals surface area contributed by atoms with Gasteiger partial charge in [0.2, 0.25) is 0 Å². The molecule has 0 aliphatic carbocycles. The number of rotatable bonds is 11. The SMILES string of the molecule is CCCCC(=O)C[S+](C)OS(=O)(=O)CCCCC(C)(C)C. The van der Waals surface area contributed by atoms with Gasteiger partial charge in [0.1, 0.15) is 6.26 Å². The highest BCUT2D eigenvalue weighted by molar-refractivity contribution is 8.02. The molecule has 0 saturated carbocycles. The molecule has 4 nitrogen and oxygen atoms in total. The Hall–Kier alpha value is -0.0700. The fraction of sp³-hybridized carbons (Fsp3) is 0.933. The summed E-state index contributed by atoms with van der Waals surface area (Å²) >= 11 is -0.833. The third kappa shape index (κ3) is 13.3. The molecule has 0 saturated heterocycles. The van der Waals surface area contributed by atoms with Gasteiger partial charge in [-0.3, -0.25) is 4.79 Å². The first kappa shape index (κ1) is 20.9. The number of carbonyl (C=O) groups is 1. The van der Waals surface area contributed by atoms with Gasteiger partial charge >= 0.3 is 10.1 Å². The summed E-state index contributed by atoms with van der Waals surface area (Å²) in [5, 5.41) is 0. The van der Waals surface area contributed by atoms with E-state index in [-0.39, 0.29) is 22.7 Å². The number of hydrogen-bond donors (Lipinski definition) is 0. The molecule has 6 heteroatoms. The van der Waals surface area contributed by atoms with E-state index in [1.165, 1.54) is 0 Å². The van der Waals surface area contributed by atoms with Gasteiger partial charge in [-0.2, -0.15) is 8.42 Å². The Morgan fingerprint density at radius 2 is 1.76 bits per heavy atom. The molecule has 0 aromatic rings. The van der Waals surface area contributed by atoms with Gasteiger partial charge in [0.25, 0.3) is 0 Å². The van der Waals surface area contributed by atoms with Gasteiger partial charge in [-0.05, 0) is 28.3 Å². The molecule has 0 aromatic heterocycles. The smallest absolute Gasteiger partial charge is 0.294 e. The summed E-state index contributed by atoms with van der Waals surface area (Å²) in [6.45, 7) is 8.45. The fourth-order valence-corrected chi connectivity index (χ4v) is 4.88. The summed E-state index contributed by atoms with van der Waals surface area (Å²) in [4.78, 5) is 11.6. The molecule has 0 aliphatic rings. The first-order valence-corrected chi connectivity index (χ1v) is 10.9.